The molecule has 0 heterocycles. The van der Waals surface area contributed by atoms with Gasteiger partial charge in [-0.1, -0.05) is 147 Å². The minimum atomic E-state index is -0.168. The van der Waals surface area contributed by atoms with Crippen molar-refractivity contribution < 1.29 is 0 Å². The van der Waals surface area contributed by atoms with E-state index in [0.717, 1.165) is 12.1 Å². The molecular formula is C47H38N2. The molecule has 2 aliphatic carbocycles. The summed E-state index contributed by atoms with van der Waals surface area (Å²) in [5.74, 6) is 0. The molecule has 1 unspecified atom stereocenters. The molecule has 0 saturated carbocycles. The average molecular weight is 631 g/mol. The normalized spacial score (nSPS) is 15.9. The lowest BCUT2D eigenvalue weighted by Gasteiger charge is -2.30. The molecular weight excluding hydrogens is 593 g/mol. The molecule has 2 aliphatic rings. The summed E-state index contributed by atoms with van der Waals surface area (Å²) in [7, 11) is 0. The molecule has 7 aromatic carbocycles. The minimum Gasteiger partial charge on any atom is -0.378 e. The van der Waals surface area contributed by atoms with E-state index in [-0.39, 0.29) is 11.5 Å². The maximum absolute atomic E-state index is 3.85. The first kappa shape index (κ1) is 29.3. The summed E-state index contributed by atoms with van der Waals surface area (Å²) >= 11 is 0. The van der Waals surface area contributed by atoms with Crippen LogP contribution in [0.2, 0.25) is 0 Å². The predicted molar refractivity (Wildman–Crippen MR) is 209 cm³/mol. The van der Waals surface area contributed by atoms with Crippen LogP contribution in [0.1, 0.15) is 37.0 Å². The van der Waals surface area contributed by atoms with Gasteiger partial charge in [0.25, 0.3) is 0 Å². The van der Waals surface area contributed by atoms with Gasteiger partial charge in [0.05, 0.1) is 11.4 Å². The van der Waals surface area contributed by atoms with Crippen LogP contribution in [0, 0.1) is 0 Å². The van der Waals surface area contributed by atoms with Crippen molar-refractivity contribution in [2.24, 2.45) is 0 Å². The zero-order valence-electron chi connectivity index (χ0n) is 27.9. The van der Waals surface area contributed by atoms with Crippen LogP contribution in [-0.2, 0) is 5.41 Å². The highest BCUT2D eigenvalue weighted by Gasteiger charge is 2.36. The Kier molecular flexibility index (Phi) is 6.98. The number of hydrogen-bond acceptors (Lipinski definition) is 2. The number of rotatable bonds is 6. The molecule has 0 bridgehead atoms. The number of benzene rings is 7. The molecule has 0 amide bonds. The van der Waals surface area contributed by atoms with Gasteiger partial charge in [0.15, 0.2) is 0 Å². The Bertz CT molecular complexity index is 2340. The lowest BCUT2D eigenvalue weighted by atomic mass is 9.82. The summed E-state index contributed by atoms with van der Waals surface area (Å²) in [6.07, 6.45) is 7.86. The van der Waals surface area contributed by atoms with Crippen molar-refractivity contribution in [3.8, 4) is 11.1 Å². The third kappa shape index (κ3) is 5.03. The molecule has 0 radical (unpaired) electrons. The van der Waals surface area contributed by atoms with E-state index in [0.29, 0.717) is 0 Å². The van der Waals surface area contributed by atoms with Crippen LogP contribution < -0.4 is 10.2 Å². The minimum absolute atomic E-state index is 0.168. The Hall–Kier alpha value is -5.86. The third-order valence-corrected chi connectivity index (χ3v) is 10.5. The fourth-order valence-corrected chi connectivity index (χ4v) is 7.99. The van der Waals surface area contributed by atoms with Crippen molar-refractivity contribution >= 4 is 49.9 Å². The van der Waals surface area contributed by atoms with Crippen molar-refractivity contribution in [1.29, 1.82) is 0 Å². The second-order valence-corrected chi connectivity index (χ2v) is 13.8. The number of nitrogens with zero attached hydrogens (tertiary/aromatic N) is 1. The topological polar surface area (TPSA) is 15.3 Å². The summed E-state index contributed by atoms with van der Waals surface area (Å²) in [6.45, 7) is 4.75. The summed E-state index contributed by atoms with van der Waals surface area (Å²) in [4.78, 5) is 2.46. The van der Waals surface area contributed by atoms with Gasteiger partial charge in [-0.15, -0.1) is 0 Å². The molecule has 0 aliphatic heterocycles. The van der Waals surface area contributed by atoms with E-state index in [2.05, 4.69) is 194 Å². The van der Waals surface area contributed by atoms with Gasteiger partial charge in [0.2, 0.25) is 0 Å². The van der Waals surface area contributed by atoms with Crippen LogP contribution >= 0.6 is 0 Å². The lowest BCUT2D eigenvalue weighted by Crippen LogP contribution is -2.20. The number of hydrogen-bond donors (Lipinski definition) is 1. The van der Waals surface area contributed by atoms with Gasteiger partial charge >= 0.3 is 0 Å². The second kappa shape index (κ2) is 11.7. The van der Waals surface area contributed by atoms with Crippen molar-refractivity contribution in [3.63, 3.8) is 0 Å². The molecule has 9 rings (SSSR count). The molecule has 1 atom stereocenters. The highest BCUT2D eigenvalue weighted by molar-refractivity contribution is 6.05. The fraction of sp³-hybridized carbons (Fsp3) is 0.106. The smallest absolute Gasteiger partial charge is 0.0540 e. The zero-order valence-corrected chi connectivity index (χ0v) is 27.9. The van der Waals surface area contributed by atoms with Crippen molar-refractivity contribution in [2.75, 3.05) is 10.2 Å². The fourth-order valence-electron chi connectivity index (χ4n) is 7.99. The Morgan fingerprint density at radius 3 is 1.88 bits per heavy atom. The van der Waals surface area contributed by atoms with Gasteiger partial charge in [-0.2, -0.15) is 0 Å². The van der Waals surface area contributed by atoms with Crippen LogP contribution in [0.4, 0.5) is 22.7 Å². The van der Waals surface area contributed by atoms with Crippen LogP contribution in [0.25, 0.3) is 38.2 Å². The summed E-state index contributed by atoms with van der Waals surface area (Å²) in [5.41, 5.74) is 12.4. The standard InChI is InChI=1S/C47H38N2/c1-47(2)43-30-37(48-36-20-10-19-35(29-36)32-13-4-3-5-14-32)25-27-41(43)42-28-26-38(31-44(42)47)49(45-23-11-17-33-15-6-8-21-39(33)45)46-24-12-18-34-16-7-9-22-40(34)46/h3-19,21-31,36,48H,20H2,1-2H3. The maximum Gasteiger partial charge on any atom is 0.0540 e. The molecule has 7 aromatic rings. The number of fused-ring (bicyclic) bond motifs is 5. The molecule has 0 saturated heterocycles. The summed E-state index contributed by atoms with van der Waals surface area (Å²) in [6, 6.07) is 55.6. The highest BCUT2D eigenvalue weighted by atomic mass is 15.1. The van der Waals surface area contributed by atoms with Crippen molar-refractivity contribution in [2.45, 2.75) is 31.7 Å². The Balaban J connectivity index is 1.12. The van der Waals surface area contributed by atoms with Crippen LogP contribution in [0.15, 0.2) is 170 Å². The maximum atomic E-state index is 3.85. The lowest BCUT2D eigenvalue weighted by molar-refractivity contribution is 0.660. The summed E-state index contributed by atoms with van der Waals surface area (Å²) < 4.78 is 0. The van der Waals surface area contributed by atoms with E-state index in [1.807, 2.05) is 0 Å². The first-order chi connectivity index (χ1) is 24.0. The number of nitrogens with one attached hydrogen (secondary N) is 1. The zero-order chi connectivity index (χ0) is 33.0. The van der Waals surface area contributed by atoms with Gasteiger partial charge in [-0.25, -0.2) is 0 Å². The molecule has 236 valence electrons. The number of allylic oxidation sites excluding steroid dienone is 2. The van der Waals surface area contributed by atoms with Crippen LogP contribution in [0.5, 0.6) is 0 Å². The second-order valence-electron chi connectivity index (χ2n) is 13.8. The Labute approximate surface area is 288 Å². The molecule has 0 fully saturated rings. The predicted octanol–water partition coefficient (Wildman–Crippen LogP) is 12.6. The summed E-state index contributed by atoms with van der Waals surface area (Å²) in [5, 5.41) is 8.78. The van der Waals surface area contributed by atoms with Gasteiger partial charge in [-0.05, 0) is 87.0 Å². The first-order valence-electron chi connectivity index (χ1n) is 17.3. The molecule has 1 N–H and O–H groups in total. The van der Waals surface area contributed by atoms with E-state index in [1.54, 1.807) is 0 Å². The highest BCUT2D eigenvalue weighted by Crippen LogP contribution is 2.52. The monoisotopic (exact) mass is 630 g/mol. The van der Waals surface area contributed by atoms with E-state index in [9.17, 15) is 0 Å². The Morgan fingerprint density at radius 2 is 1.18 bits per heavy atom. The van der Waals surface area contributed by atoms with E-state index < -0.39 is 0 Å². The van der Waals surface area contributed by atoms with Crippen molar-refractivity contribution in [1.82, 2.24) is 0 Å². The average Bonchev–Trinajstić information content (AvgIpc) is 3.37. The van der Waals surface area contributed by atoms with Crippen LogP contribution in [0.3, 0.4) is 0 Å². The first-order valence-corrected chi connectivity index (χ1v) is 17.3. The Morgan fingerprint density at radius 1 is 0.592 bits per heavy atom. The van der Waals surface area contributed by atoms with Gasteiger partial charge < -0.3 is 10.2 Å². The van der Waals surface area contributed by atoms with E-state index in [1.165, 1.54) is 72.0 Å². The quantitative estimate of drug-likeness (QED) is 0.197. The van der Waals surface area contributed by atoms with Crippen LogP contribution in [-0.4, -0.2) is 6.04 Å². The van der Waals surface area contributed by atoms with Gasteiger partial charge in [-0.3, -0.25) is 0 Å². The van der Waals surface area contributed by atoms with Gasteiger partial charge in [0, 0.05) is 33.6 Å². The molecule has 49 heavy (non-hydrogen) atoms. The van der Waals surface area contributed by atoms with E-state index >= 15 is 0 Å². The third-order valence-electron chi connectivity index (χ3n) is 10.5. The number of anilines is 4. The molecule has 2 heteroatoms. The SMILES string of the molecule is CC1(C)c2cc(NC3C=C(c4ccccc4)C=CC3)ccc2-c2ccc(N(c3cccc4ccccc34)c3cccc4ccccc34)cc21. The van der Waals surface area contributed by atoms with Crippen molar-refractivity contribution in [3.05, 3.63) is 187 Å². The van der Waals surface area contributed by atoms with Gasteiger partial charge in [0.1, 0.15) is 0 Å². The molecule has 0 aromatic heterocycles. The molecule has 2 nitrogen and oxygen atoms in total. The van der Waals surface area contributed by atoms with E-state index in [4.69, 9.17) is 0 Å². The largest absolute Gasteiger partial charge is 0.378 e. The molecule has 0 spiro atoms.